The number of aryl methyl sites for hydroxylation is 4. The molecule has 6 aromatic rings. The van der Waals surface area contributed by atoms with Crippen molar-refractivity contribution in [1.82, 2.24) is 30.2 Å². The lowest BCUT2D eigenvalue weighted by Crippen LogP contribution is -2.68. The molecule has 0 spiro atoms. The van der Waals surface area contributed by atoms with Crippen molar-refractivity contribution in [2.75, 3.05) is 88.7 Å². The monoisotopic (exact) mass is 1400 g/mol. The molecule has 0 radical (unpaired) electrons. The number of nitrogens with one attached hydrogen (secondary N) is 2. The van der Waals surface area contributed by atoms with E-state index < -0.39 is 30.1 Å². The molecular weight excluding hydrogens is 1310 g/mol. The van der Waals surface area contributed by atoms with Crippen LogP contribution in [0.4, 0.5) is 0 Å². The van der Waals surface area contributed by atoms with E-state index in [9.17, 15) is 30.0 Å². The Hall–Kier alpha value is -9.04. The Morgan fingerprint density at radius 3 is 1.43 bits per heavy atom. The Morgan fingerprint density at radius 1 is 0.574 bits per heavy atom. The SMILES string of the molecule is C.COCOc1c(OC)c(C)cc2c1[C@@H]1C3Cc4c(O)c(C)c5c(c4[C@H](CNC(=O)CCc4ccccc4)N3[C@@H](C#N)[C@H](C2)N1C)OCO5.COCOc1c(OC)c(C)cc2c1[C@@H]1C3Cc4c(OC(=O)CCl)c(C)c5c(c4[C@H](CNC(=O)CCc4ccccc4)N3[C@@H](C#N)[C@H](C2)N1C)OCO5. The van der Waals surface area contributed by atoms with Crippen molar-refractivity contribution >= 4 is 29.4 Å². The van der Waals surface area contributed by atoms with E-state index in [0.29, 0.717) is 114 Å². The maximum absolute atomic E-state index is 13.5. The Labute approximate surface area is 594 Å². The second kappa shape index (κ2) is 30.3. The van der Waals surface area contributed by atoms with Gasteiger partial charge in [0.25, 0.3) is 0 Å². The van der Waals surface area contributed by atoms with E-state index in [2.05, 4.69) is 61.6 Å². The van der Waals surface area contributed by atoms with Gasteiger partial charge in [-0.2, -0.15) is 10.5 Å². The fraction of sp³-hybridized carbons (Fsp3) is 0.468. The first-order chi connectivity index (χ1) is 48.5. The number of nitrogens with zero attached hydrogens (tertiary/aromatic N) is 6. The molecule has 4 bridgehead atoms. The minimum absolute atomic E-state index is 0. The number of likely N-dealkylation sites (N-methyl/N-ethyl adjacent to an activating group) is 2. The lowest BCUT2D eigenvalue weighted by Gasteiger charge is -2.60. The molecule has 6 aromatic carbocycles. The molecule has 0 aromatic heterocycles. The van der Waals surface area contributed by atoms with E-state index in [1.54, 1.807) is 28.4 Å². The molecule has 2 saturated heterocycles. The van der Waals surface area contributed by atoms with Crippen LogP contribution in [0.25, 0.3) is 0 Å². The van der Waals surface area contributed by atoms with Gasteiger partial charge in [-0.25, -0.2) is 0 Å². The third-order valence-corrected chi connectivity index (χ3v) is 21.7. The van der Waals surface area contributed by atoms with Gasteiger partial charge in [0.15, 0.2) is 59.6 Å². The molecule has 10 atom stereocenters. The molecule has 2 amide bonds. The molecule has 3 N–H and O–H groups in total. The van der Waals surface area contributed by atoms with Crippen LogP contribution in [-0.2, 0) is 62.4 Å². The summed E-state index contributed by atoms with van der Waals surface area (Å²) < 4.78 is 65.1. The number of nitriles is 2. The number of phenols is 1. The number of esters is 1. The third-order valence-electron chi connectivity index (χ3n) is 21.4. The zero-order chi connectivity index (χ0) is 70.4. The predicted molar refractivity (Wildman–Crippen MR) is 374 cm³/mol. The van der Waals surface area contributed by atoms with Crippen molar-refractivity contribution < 1.29 is 71.6 Å². The first-order valence-electron chi connectivity index (χ1n) is 33.9. The number of methoxy groups -OCH3 is 4. The number of alkyl halides is 1. The zero-order valence-electron chi connectivity index (χ0n) is 58.0. The number of hydrogen-bond acceptors (Lipinski definition) is 21. The number of amides is 2. The average molecular weight is 1400 g/mol. The van der Waals surface area contributed by atoms with Crippen molar-refractivity contribution in [1.29, 1.82) is 10.5 Å². The van der Waals surface area contributed by atoms with E-state index in [0.717, 1.165) is 66.8 Å². The molecule has 2 unspecified atom stereocenters. The van der Waals surface area contributed by atoms with Crippen LogP contribution in [0.5, 0.6) is 57.5 Å². The molecule has 0 saturated carbocycles. The van der Waals surface area contributed by atoms with E-state index in [-0.39, 0.29) is 107 Å². The van der Waals surface area contributed by atoms with Crippen LogP contribution in [0.3, 0.4) is 0 Å². The Bertz CT molecular complexity index is 4220. The van der Waals surface area contributed by atoms with Crippen molar-refractivity contribution in [3.05, 3.63) is 151 Å². The highest BCUT2D eigenvalue weighted by atomic mass is 35.5. The second-order valence-electron chi connectivity index (χ2n) is 26.8. The summed E-state index contributed by atoms with van der Waals surface area (Å²) in [5.74, 6) is 3.93. The average Bonchev–Trinajstić information content (AvgIpc) is 1.44. The van der Waals surface area contributed by atoms with Crippen LogP contribution in [0, 0.1) is 50.4 Å². The molecule has 2 fully saturated rings. The van der Waals surface area contributed by atoms with Gasteiger partial charge in [-0.3, -0.25) is 34.0 Å². The summed E-state index contributed by atoms with van der Waals surface area (Å²) in [4.78, 5) is 48.7. The van der Waals surface area contributed by atoms with E-state index in [1.165, 1.54) is 0 Å². The van der Waals surface area contributed by atoms with E-state index >= 15 is 0 Å². The number of carbonyl (C=O) groups excluding carboxylic acids is 3. The van der Waals surface area contributed by atoms with Crippen LogP contribution in [0.2, 0.25) is 0 Å². The lowest BCUT2D eigenvalue weighted by atomic mass is 9.71. The summed E-state index contributed by atoms with van der Waals surface area (Å²) in [6.45, 7) is 8.13. The number of rotatable bonds is 20. The molecule has 23 nitrogen and oxygen atoms in total. The second-order valence-corrected chi connectivity index (χ2v) is 27.0. The normalized spacial score (nSPS) is 23.0. The van der Waals surface area contributed by atoms with E-state index in [1.807, 2.05) is 95.4 Å². The van der Waals surface area contributed by atoms with Crippen LogP contribution >= 0.6 is 11.6 Å². The van der Waals surface area contributed by atoms with Crippen molar-refractivity contribution in [2.45, 2.75) is 147 Å². The number of phenolic OH excluding ortho intramolecular Hbond substituents is 1. The van der Waals surface area contributed by atoms with Gasteiger partial charge in [-0.15, -0.1) is 11.6 Å². The van der Waals surface area contributed by atoms with Gasteiger partial charge >= 0.3 is 5.97 Å². The minimum atomic E-state index is -0.603. The van der Waals surface area contributed by atoms with Gasteiger partial charge in [0.05, 0.1) is 50.5 Å². The summed E-state index contributed by atoms with van der Waals surface area (Å²) in [5.41, 5.74) is 12.4. The largest absolute Gasteiger partial charge is 0.507 e. The fourth-order valence-electron chi connectivity index (χ4n) is 17.2. The number of piperazine rings is 2. The summed E-state index contributed by atoms with van der Waals surface area (Å²) in [5, 5.41) is 40.0. The smallest absolute Gasteiger partial charge is 0.326 e. The predicted octanol–water partition coefficient (Wildman–Crippen LogP) is 9.57. The molecular formula is C77H89ClN8O15. The number of benzene rings is 6. The third kappa shape index (κ3) is 12.8. The fourth-order valence-corrected chi connectivity index (χ4v) is 17.3. The molecule has 0 aliphatic carbocycles. The molecule has 14 rings (SSSR count). The molecule has 534 valence electrons. The highest BCUT2D eigenvalue weighted by molar-refractivity contribution is 6.26. The quantitative estimate of drug-likeness (QED) is 0.0278. The molecule has 101 heavy (non-hydrogen) atoms. The molecule has 8 heterocycles. The molecule has 8 aliphatic heterocycles. The van der Waals surface area contributed by atoms with Crippen molar-refractivity contribution in [2.24, 2.45) is 0 Å². The number of hydrogen-bond donors (Lipinski definition) is 3. The number of halogens is 1. The highest BCUT2D eigenvalue weighted by Crippen LogP contribution is 2.61. The van der Waals surface area contributed by atoms with Crippen LogP contribution in [0.1, 0.15) is 122 Å². The summed E-state index contributed by atoms with van der Waals surface area (Å²) >= 11 is 5.97. The lowest BCUT2D eigenvalue weighted by molar-refractivity contribution is -0.131. The van der Waals surface area contributed by atoms with Gasteiger partial charge in [0.2, 0.25) is 25.4 Å². The molecule has 24 heteroatoms. The van der Waals surface area contributed by atoms with E-state index in [4.69, 9.17) is 63.7 Å². The zero-order valence-corrected chi connectivity index (χ0v) is 58.8. The summed E-state index contributed by atoms with van der Waals surface area (Å²) in [7, 11) is 10.5. The van der Waals surface area contributed by atoms with Gasteiger partial charge in [-0.1, -0.05) is 80.2 Å². The standard InChI is InChI=1S/C39H43ClN4O8.C37H42N4O7.CH4/c1-21-13-24-14-26-28(17-41)44-27(34(43(26)3)32(24)38(35(21)48-5)49-19-47-4)15-25-33(29(44)18-42-30(45)12-11-23-9-7-6-8-10-23)39-37(50-20-51-39)22(2)36(25)52-31(46)16-40;1-20-13-23-14-25-27(16-38)41-26(32(40(25)3)30(23)36(34(20)45-5)46-18-44-4)15-24-31(37-35(47-19-48-37)21(2)33(24)43)28(41)17-39-29(42)12-11-22-9-7-6-8-10-22;/h6-10,13,26-29,34H,11-12,14-16,18-20H2,1-5H3,(H,42,45);6-10,13,25-28,32,43H,11-12,14-15,17-19H2,1-5H3,(H,39,42);1H4/t26-,27?,28-,29-,34-;25-,26?,27-,28-,32-;/m00./s1. The van der Waals surface area contributed by atoms with Gasteiger partial charge in [0.1, 0.15) is 29.5 Å². The topological polar surface area (TPSA) is 258 Å². The highest BCUT2D eigenvalue weighted by Gasteiger charge is 2.59. The molecule has 8 aliphatic rings. The van der Waals surface area contributed by atoms with Gasteiger partial charge in [0, 0.05) is 109 Å². The number of aromatic hydroxyl groups is 1. The number of fused-ring (bicyclic) bond motifs is 18. The van der Waals surface area contributed by atoms with Gasteiger partial charge < -0.3 is 67.8 Å². The van der Waals surface area contributed by atoms with Crippen LogP contribution in [0.15, 0.2) is 72.8 Å². The Balaban J connectivity index is 0.000000190. The Morgan fingerprint density at radius 2 is 1.00 bits per heavy atom. The van der Waals surface area contributed by atoms with Crippen LogP contribution < -0.4 is 53.3 Å². The van der Waals surface area contributed by atoms with Crippen LogP contribution in [-0.4, -0.2) is 167 Å². The van der Waals surface area contributed by atoms with Crippen molar-refractivity contribution in [3.63, 3.8) is 0 Å². The maximum Gasteiger partial charge on any atom is 0.326 e. The summed E-state index contributed by atoms with van der Waals surface area (Å²) in [6.07, 6.45) is 3.85. The first kappa shape index (κ1) is 71.8. The Kier molecular flexibility index (Phi) is 21.5. The number of ether oxygens (including phenoxy) is 11. The number of carbonyl (C=O) groups is 3. The minimum Gasteiger partial charge on any atom is -0.507 e. The van der Waals surface area contributed by atoms with Crippen molar-refractivity contribution in [3.8, 4) is 69.6 Å². The van der Waals surface area contributed by atoms with Gasteiger partial charge in [-0.05, 0) is 114 Å². The summed E-state index contributed by atoms with van der Waals surface area (Å²) in [6, 6.07) is 25.8. The maximum atomic E-state index is 13.5. The first-order valence-corrected chi connectivity index (χ1v) is 34.4.